The van der Waals surface area contributed by atoms with E-state index in [-0.39, 0.29) is 0 Å². The predicted octanol–water partition coefficient (Wildman–Crippen LogP) is 13.7. The van der Waals surface area contributed by atoms with Gasteiger partial charge in [-0.05, 0) is 129 Å². The molecular formula is C58H46N4O6. The van der Waals surface area contributed by atoms with E-state index in [1.54, 1.807) is 42.7 Å². The smallest absolute Gasteiger partial charge is 0.123 e. The van der Waals surface area contributed by atoms with Gasteiger partial charge in [-0.25, -0.2) is 9.97 Å². The van der Waals surface area contributed by atoms with E-state index in [1.165, 1.54) is 0 Å². The van der Waals surface area contributed by atoms with E-state index in [0.717, 1.165) is 111 Å². The number of aromatic nitrogens is 4. The van der Waals surface area contributed by atoms with Gasteiger partial charge in [0.05, 0.1) is 65.4 Å². The van der Waals surface area contributed by atoms with E-state index in [2.05, 4.69) is 113 Å². The van der Waals surface area contributed by atoms with Crippen molar-refractivity contribution >= 4 is 67.9 Å². The molecule has 0 saturated heterocycles. The topological polar surface area (TPSA) is 113 Å². The summed E-state index contributed by atoms with van der Waals surface area (Å²) in [5.41, 5.74) is 13.4. The molecule has 0 spiro atoms. The number of ether oxygens (including phenoxy) is 6. The first-order valence-corrected chi connectivity index (χ1v) is 22.1. The highest BCUT2D eigenvalue weighted by atomic mass is 16.5. The van der Waals surface area contributed by atoms with Crippen LogP contribution in [-0.4, -0.2) is 62.6 Å². The average molecular weight is 895 g/mol. The molecule has 2 aliphatic rings. The summed E-state index contributed by atoms with van der Waals surface area (Å²) in [5, 5.41) is 4.46. The van der Waals surface area contributed by atoms with Crippen LogP contribution >= 0.6 is 0 Å². The van der Waals surface area contributed by atoms with Crippen LogP contribution in [0.4, 0.5) is 0 Å². The molecule has 10 heteroatoms. The Morgan fingerprint density at radius 1 is 0.309 bits per heavy atom. The van der Waals surface area contributed by atoms with Gasteiger partial charge in [-0.1, -0.05) is 48.5 Å². The largest absolute Gasteiger partial charge is 0.497 e. The fourth-order valence-electron chi connectivity index (χ4n) is 9.52. The van der Waals surface area contributed by atoms with Crippen molar-refractivity contribution in [3.8, 4) is 79.0 Å². The maximum absolute atomic E-state index is 5.84. The molecule has 10 nitrogen and oxygen atoms in total. The minimum absolute atomic E-state index is 0.641. The van der Waals surface area contributed by atoms with Gasteiger partial charge in [-0.2, -0.15) is 0 Å². The summed E-state index contributed by atoms with van der Waals surface area (Å²) in [6.45, 7) is 0. The number of rotatable bonds is 10. The van der Waals surface area contributed by atoms with Crippen molar-refractivity contribution in [2.24, 2.45) is 0 Å². The Kier molecular flexibility index (Phi) is 10.6. The summed E-state index contributed by atoms with van der Waals surface area (Å²) in [4.78, 5) is 18.9. The van der Waals surface area contributed by atoms with Crippen molar-refractivity contribution in [2.45, 2.75) is 0 Å². The molecule has 0 saturated carbocycles. The Hall–Kier alpha value is -8.76. The predicted molar refractivity (Wildman–Crippen MR) is 275 cm³/mol. The van der Waals surface area contributed by atoms with Crippen molar-refractivity contribution in [3.05, 3.63) is 156 Å². The van der Waals surface area contributed by atoms with Crippen LogP contribution in [0.1, 0.15) is 22.8 Å². The van der Waals surface area contributed by atoms with Gasteiger partial charge in [0.1, 0.15) is 34.5 Å². The fraction of sp³-hybridized carbons (Fsp3) is 0.103. The Morgan fingerprint density at radius 2 is 0.603 bits per heavy atom. The fourth-order valence-corrected chi connectivity index (χ4v) is 9.52. The molecule has 0 unspecified atom stereocenters. The van der Waals surface area contributed by atoms with Gasteiger partial charge in [-0.3, -0.25) is 0 Å². The zero-order valence-corrected chi connectivity index (χ0v) is 38.4. The SMILES string of the molecule is COc1cc(OC)cc(-c2c3nc(c(-c4cc(OC)cc(OC)c4)c4ccc([nH]4)c(-c4c5ccccc5cc5ccccc45)c4nc(c(-c5cc(OC)cc(OC)c5)c5ccc2[nH]5)C=C4)C=C3)c1. The van der Waals surface area contributed by atoms with Crippen LogP contribution in [0, 0.1) is 0 Å². The van der Waals surface area contributed by atoms with Crippen molar-refractivity contribution in [3.63, 3.8) is 0 Å². The second kappa shape index (κ2) is 17.2. The number of hydrogen-bond acceptors (Lipinski definition) is 8. The summed E-state index contributed by atoms with van der Waals surface area (Å²) in [6.07, 6.45) is 8.32. The quantitative estimate of drug-likeness (QED) is 0.131. The van der Waals surface area contributed by atoms with Crippen LogP contribution in [-0.2, 0) is 0 Å². The number of fused-ring (bicyclic) bond motifs is 10. The zero-order chi connectivity index (χ0) is 46.5. The lowest BCUT2D eigenvalue weighted by atomic mass is 9.91. The Balaban J connectivity index is 1.36. The lowest BCUT2D eigenvalue weighted by Crippen LogP contribution is -1.93. The molecule has 0 amide bonds. The van der Waals surface area contributed by atoms with E-state index < -0.39 is 0 Å². The number of hydrogen-bond donors (Lipinski definition) is 2. The monoisotopic (exact) mass is 894 g/mol. The molecule has 3 aromatic heterocycles. The number of H-pyrrole nitrogens is 2. The van der Waals surface area contributed by atoms with E-state index in [9.17, 15) is 0 Å². The first-order chi connectivity index (χ1) is 33.4. The van der Waals surface area contributed by atoms with Crippen LogP contribution in [0.3, 0.4) is 0 Å². The molecule has 68 heavy (non-hydrogen) atoms. The molecule has 11 rings (SSSR count). The number of aromatic amines is 2. The molecule has 2 N–H and O–H groups in total. The first-order valence-electron chi connectivity index (χ1n) is 22.1. The lowest BCUT2D eigenvalue weighted by Gasteiger charge is -2.13. The maximum atomic E-state index is 5.84. The third-order valence-corrected chi connectivity index (χ3v) is 12.7. The molecule has 8 bridgehead atoms. The van der Waals surface area contributed by atoms with E-state index >= 15 is 0 Å². The van der Waals surface area contributed by atoms with Crippen molar-refractivity contribution in [2.75, 3.05) is 42.7 Å². The molecule has 6 aromatic carbocycles. The normalized spacial score (nSPS) is 11.9. The van der Waals surface area contributed by atoms with Crippen molar-refractivity contribution in [1.82, 2.24) is 19.9 Å². The second-order valence-electron chi connectivity index (χ2n) is 16.5. The summed E-state index contributed by atoms with van der Waals surface area (Å²) in [5.74, 6) is 3.88. The zero-order valence-electron chi connectivity index (χ0n) is 38.4. The third-order valence-electron chi connectivity index (χ3n) is 12.7. The minimum Gasteiger partial charge on any atom is -0.497 e. The summed E-state index contributed by atoms with van der Waals surface area (Å²) < 4.78 is 35.0. The molecule has 0 atom stereocenters. The molecule has 9 aromatic rings. The summed E-state index contributed by atoms with van der Waals surface area (Å²) in [6, 6.07) is 45.4. The van der Waals surface area contributed by atoms with Gasteiger partial charge in [0.15, 0.2) is 0 Å². The number of nitrogens with zero attached hydrogens (tertiary/aromatic N) is 2. The van der Waals surface area contributed by atoms with Crippen molar-refractivity contribution < 1.29 is 28.4 Å². The van der Waals surface area contributed by atoms with Gasteiger partial charge in [0.25, 0.3) is 0 Å². The van der Waals surface area contributed by atoms with Crippen LogP contribution in [0.15, 0.2) is 133 Å². The van der Waals surface area contributed by atoms with Crippen molar-refractivity contribution in [1.29, 1.82) is 0 Å². The molecule has 0 fully saturated rings. The molecule has 0 radical (unpaired) electrons. The van der Waals surface area contributed by atoms with E-state index in [1.807, 2.05) is 54.6 Å². The summed E-state index contributed by atoms with van der Waals surface area (Å²) >= 11 is 0. The highest BCUT2D eigenvalue weighted by molar-refractivity contribution is 6.16. The molecule has 0 aliphatic carbocycles. The van der Waals surface area contributed by atoms with Gasteiger partial charge < -0.3 is 38.4 Å². The molecule has 334 valence electrons. The average Bonchev–Trinajstić information content (AvgIpc) is 4.24. The first kappa shape index (κ1) is 41.9. The molecule has 2 aliphatic heterocycles. The van der Waals surface area contributed by atoms with Crippen LogP contribution in [0.5, 0.6) is 34.5 Å². The van der Waals surface area contributed by atoms with Crippen LogP contribution < -0.4 is 28.4 Å². The molecule has 5 heterocycles. The number of nitrogens with one attached hydrogen (secondary N) is 2. The lowest BCUT2D eigenvalue weighted by molar-refractivity contribution is 0.394. The van der Waals surface area contributed by atoms with Gasteiger partial charge in [0, 0.05) is 68.1 Å². The summed E-state index contributed by atoms with van der Waals surface area (Å²) in [7, 11) is 9.94. The highest BCUT2D eigenvalue weighted by Crippen LogP contribution is 2.44. The second-order valence-corrected chi connectivity index (χ2v) is 16.5. The van der Waals surface area contributed by atoms with E-state index in [4.69, 9.17) is 38.4 Å². The van der Waals surface area contributed by atoms with E-state index in [0.29, 0.717) is 34.5 Å². The molecular weight excluding hydrogens is 849 g/mol. The van der Waals surface area contributed by atoms with Gasteiger partial charge in [0.2, 0.25) is 0 Å². The third kappa shape index (κ3) is 7.32. The highest BCUT2D eigenvalue weighted by Gasteiger charge is 2.23. The Bertz CT molecular complexity index is 3560. The maximum Gasteiger partial charge on any atom is 0.123 e. The number of benzene rings is 6. The van der Waals surface area contributed by atoms with Crippen LogP contribution in [0.2, 0.25) is 0 Å². The Morgan fingerprint density at radius 3 is 0.926 bits per heavy atom. The Labute approximate surface area is 392 Å². The van der Waals surface area contributed by atoms with Crippen LogP contribution in [0.25, 0.3) is 112 Å². The van der Waals surface area contributed by atoms with Gasteiger partial charge in [-0.15, -0.1) is 0 Å². The standard InChI is InChI=1S/C58H46N4O6/c1-63-38-24-35(25-39(30-38)64-2)54-46-15-17-48(59-46)55(36-26-40(65-3)31-41(27-36)66-4)50-19-21-52(61-50)58(57-44-13-9-7-11-33(44)23-34-12-8-10-14-45(34)57)53-22-20-51(62-53)56(49-18-16-47(54)60-49)37-28-42(67-5)32-43(29-37)68-6/h7-32,59,62H,1-6H3. The van der Waals surface area contributed by atoms with Gasteiger partial charge >= 0.3 is 0 Å². The number of methoxy groups -OCH3 is 6. The minimum atomic E-state index is 0.641.